The van der Waals surface area contributed by atoms with Gasteiger partial charge in [-0.25, -0.2) is 0 Å². The number of amides is 1. The molecule has 5 rings (SSSR count). The Morgan fingerprint density at radius 1 is 1.07 bits per heavy atom. The quantitative estimate of drug-likeness (QED) is 0.681. The zero-order valence-corrected chi connectivity index (χ0v) is 15.0. The van der Waals surface area contributed by atoms with Crippen LogP contribution in [0, 0.1) is 0 Å². The lowest BCUT2D eigenvalue weighted by atomic mass is 10.1. The maximum atomic E-state index is 13.0. The first kappa shape index (κ1) is 16.1. The van der Waals surface area contributed by atoms with Gasteiger partial charge in [0.15, 0.2) is 23.1 Å². The van der Waals surface area contributed by atoms with Crippen LogP contribution >= 0.6 is 11.6 Å². The first-order valence-corrected chi connectivity index (χ1v) is 8.94. The number of carbonyl (C=O) groups is 1. The molecule has 0 spiro atoms. The molecule has 0 aliphatic carbocycles. The summed E-state index contributed by atoms with van der Waals surface area (Å²) in [6.07, 6.45) is 0. The van der Waals surface area contributed by atoms with E-state index in [0.29, 0.717) is 41.7 Å². The Kier molecular flexibility index (Phi) is 3.75. The van der Waals surface area contributed by atoms with Gasteiger partial charge in [-0.15, -0.1) is 10.2 Å². The number of rotatable bonds is 2. The van der Waals surface area contributed by atoms with Gasteiger partial charge in [0.05, 0.1) is 11.6 Å². The molecule has 2 aliphatic rings. The Morgan fingerprint density at radius 3 is 2.78 bits per heavy atom. The van der Waals surface area contributed by atoms with Gasteiger partial charge < -0.3 is 18.9 Å². The highest BCUT2D eigenvalue weighted by Gasteiger charge is 2.28. The summed E-state index contributed by atoms with van der Waals surface area (Å²) in [6, 6.07) is 13.2. The molecule has 2 aromatic carbocycles. The molecule has 8 heteroatoms. The number of hydrogen-bond donors (Lipinski definition) is 0. The van der Waals surface area contributed by atoms with Crippen LogP contribution in [0.1, 0.15) is 16.2 Å². The van der Waals surface area contributed by atoms with Crippen molar-refractivity contribution in [3.8, 4) is 22.9 Å². The van der Waals surface area contributed by atoms with Crippen LogP contribution in [0.15, 0.2) is 42.5 Å². The fourth-order valence-electron chi connectivity index (χ4n) is 3.41. The first-order valence-electron chi connectivity index (χ1n) is 8.56. The Balaban J connectivity index is 1.41. The third kappa shape index (κ3) is 2.71. The molecule has 0 bridgehead atoms. The van der Waals surface area contributed by atoms with Crippen molar-refractivity contribution in [1.29, 1.82) is 0 Å². The second kappa shape index (κ2) is 6.28. The van der Waals surface area contributed by atoms with Crippen LogP contribution in [0.2, 0.25) is 5.02 Å². The summed E-state index contributed by atoms with van der Waals surface area (Å²) in [6.45, 7) is 1.71. The Labute approximate surface area is 160 Å². The molecule has 0 unspecified atom stereocenters. The van der Waals surface area contributed by atoms with Gasteiger partial charge in [0.25, 0.3) is 5.91 Å². The smallest absolute Gasteiger partial charge is 0.254 e. The molecule has 1 aromatic heterocycles. The predicted octanol–water partition coefficient (Wildman–Crippen LogP) is 2.98. The van der Waals surface area contributed by atoms with E-state index in [0.717, 1.165) is 17.2 Å². The highest BCUT2D eigenvalue weighted by molar-refractivity contribution is 6.32. The van der Waals surface area contributed by atoms with Crippen molar-refractivity contribution in [3.63, 3.8) is 0 Å². The SMILES string of the molecule is O=C(c1cc(Cl)c2c(c1)OCO2)N1CCn2c(nnc2-c2ccccc2)C1. The van der Waals surface area contributed by atoms with Crippen LogP contribution in [0.5, 0.6) is 11.5 Å². The number of nitrogens with zero attached hydrogens (tertiary/aromatic N) is 4. The minimum Gasteiger partial charge on any atom is -0.454 e. The second-order valence-corrected chi connectivity index (χ2v) is 6.78. The Hall–Kier alpha value is -3.06. The molecule has 136 valence electrons. The lowest BCUT2D eigenvalue weighted by molar-refractivity contribution is 0.0707. The van der Waals surface area contributed by atoms with Gasteiger partial charge in [0.2, 0.25) is 6.79 Å². The fourth-order valence-corrected chi connectivity index (χ4v) is 3.67. The Bertz CT molecular complexity index is 1030. The van der Waals surface area contributed by atoms with Crippen LogP contribution in [-0.2, 0) is 13.1 Å². The summed E-state index contributed by atoms with van der Waals surface area (Å²) < 4.78 is 12.7. The normalized spacial score (nSPS) is 14.9. The molecule has 3 heterocycles. The molecule has 0 saturated carbocycles. The van der Waals surface area contributed by atoms with Gasteiger partial charge in [-0.1, -0.05) is 41.9 Å². The van der Waals surface area contributed by atoms with Gasteiger partial charge >= 0.3 is 0 Å². The molecule has 7 nitrogen and oxygen atoms in total. The monoisotopic (exact) mass is 382 g/mol. The van der Waals surface area contributed by atoms with E-state index in [1.54, 1.807) is 17.0 Å². The molecule has 27 heavy (non-hydrogen) atoms. The number of aromatic nitrogens is 3. The Morgan fingerprint density at radius 2 is 1.93 bits per heavy atom. The summed E-state index contributed by atoms with van der Waals surface area (Å²) in [7, 11) is 0. The molecule has 0 atom stereocenters. The van der Waals surface area contributed by atoms with E-state index in [9.17, 15) is 4.79 Å². The maximum Gasteiger partial charge on any atom is 0.254 e. The van der Waals surface area contributed by atoms with Gasteiger partial charge in [-0.3, -0.25) is 4.79 Å². The zero-order valence-electron chi connectivity index (χ0n) is 14.3. The van der Waals surface area contributed by atoms with E-state index < -0.39 is 0 Å². The van der Waals surface area contributed by atoms with E-state index >= 15 is 0 Å². The molecule has 3 aromatic rings. The number of carbonyl (C=O) groups excluding carboxylic acids is 1. The van der Waals surface area contributed by atoms with Crippen LogP contribution in [-0.4, -0.2) is 38.9 Å². The highest BCUT2D eigenvalue weighted by Crippen LogP contribution is 2.40. The topological polar surface area (TPSA) is 69.5 Å². The van der Waals surface area contributed by atoms with Crippen LogP contribution in [0.25, 0.3) is 11.4 Å². The van der Waals surface area contributed by atoms with Gasteiger partial charge in [-0.2, -0.15) is 0 Å². The molecule has 1 amide bonds. The maximum absolute atomic E-state index is 13.0. The summed E-state index contributed by atoms with van der Waals surface area (Å²) in [4.78, 5) is 14.7. The van der Waals surface area contributed by atoms with Crippen molar-refractivity contribution in [2.24, 2.45) is 0 Å². The lowest BCUT2D eigenvalue weighted by Gasteiger charge is -2.28. The average Bonchev–Trinajstić information content (AvgIpc) is 3.34. The van der Waals surface area contributed by atoms with Crippen molar-refractivity contribution < 1.29 is 14.3 Å². The van der Waals surface area contributed by atoms with Gasteiger partial charge in [0.1, 0.15) is 0 Å². The van der Waals surface area contributed by atoms with Crippen LogP contribution in [0.3, 0.4) is 0 Å². The minimum atomic E-state index is -0.120. The van der Waals surface area contributed by atoms with Crippen LogP contribution < -0.4 is 9.47 Å². The van der Waals surface area contributed by atoms with Crippen molar-refractivity contribution in [2.75, 3.05) is 13.3 Å². The van der Waals surface area contributed by atoms with Crippen LogP contribution in [0.4, 0.5) is 0 Å². The lowest BCUT2D eigenvalue weighted by Crippen LogP contribution is -2.38. The first-order chi connectivity index (χ1) is 13.2. The molecule has 0 saturated heterocycles. The minimum absolute atomic E-state index is 0.113. The van der Waals surface area contributed by atoms with Crippen molar-refractivity contribution >= 4 is 17.5 Å². The largest absolute Gasteiger partial charge is 0.454 e. The third-order valence-corrected chi connectivity index (χ3v) is 5.03. The molecule has 2 aliphatic heterocycles. The number of fused-ring (bicyclic) bond motifs is 2. The van der Waals surface area contributed by atoms with E-state index in [2.05, 4.69) is 14.8 Å². The third-order valence-electron chi connectivity index (χ3n) is 4.75. The molecule has 0 radical (unpaired) electrons. The summed E-state index contributed by atoms with van der Waals surface area (Å²) >= 11 is 6.21. The fraction of sp³-hybridized carbons (Fsp3) is 0.211. The summed E-state index contributed by atoms with van der Waals surface area (Å²) in [5.41, 5.74) is 1.49. The van der Waals surface area contributed by atoms with Crippen molar-refractivity contribution in [3.05, 3.63) is 58.9 Å². The average molecular weight is 383 g/mol. The van der Waals surface area contributed by atoms with Crippen molar-refractivity contribution in [2.45, 2.75) is 13.1 Å². The second-order valence-electron chi connectivity index (χ2n) is 6.38. The number of benzene rings is 2. The van der Waals surface area contributed by atoms with Gasteiger partial charge in [0, 0.05) is 24.2 Å². The van der Waals surface area contributed by atoms with Crippen molar-refractivity contribution in [1.82, 2.24) is 19.7 Å². The van der Waals surface area contributed by atoms with E-state index in [1.165, 1.54) is 0 Å². The van der Waals surface area contributed by atoms with E-state index in [-0.39, 0.29) is 12.7 Å². The molecule has 0 N–H and O–H groups in total. The zero-order chi connectivity index (χ0) is 18.4. The predicted molar refractivity (Wildman–Crippen MR) is 97.8 cm³/mol. The molecule has 0 fully saturated rings. The standard InChI is InChI=1S/C19H15ClN4O3/c20-14-8-13(9-15-17(14)27-11-26-15)19(25)23-6-7-24-16(10-23)21-22-18(24)12-4-2-1-3-5-12/h1-5,8-9H,6-7,10-11H2. The van der Waals surface area contributed by atoms with Gasteiger partial charge in [-0.05, 0) is 12.1 Å². The number of ether oxygens (including phenoxy) is 2. The highest BCUT2D eigenvalue weighted by atomic mass is 35.5. The number of hydrogen-bond acceptors (Lipinski definition) is 5. The summed E-state index contributed by atoms with van der Waals surface area (Å²) in [5, 5.41) is 8.97. The van der Waals surface area contributed by atoms with E-state index in [4.69, 9.17) is 21.1 Å². The number of halogens is 1. The molecular weight excluding hydrogens is 368 g/mol. The van der Waals surface area contributed by atoms with E-state index in [1.807, 2.05) is 30.3 Å². The summed E-state index contributed by atoms with van der Waals surface area (Å²) in [5.74, 6) is 2.45. The molecular formula is C19H15ClN4O3.